The second kappa shape index (κ2) is 13.1. The lowest BCUT2D eigenvalue weighted by Gasteiger charge is -2.18. The number of pyridine rings is 1. The fraction of sp³-hybridized carbons (Fsp3) is 0.300. The van der Waals surface area contributed by atoms with Gasteiger partial charge < -0.3 is 10.6 Å². The van der Waals surface area contributed by atoms with Crippen LogP contribution in [0.3, 0.4) is 0 Å². The maximum absolute atomic E-state index is 10.5. The molecule has 0 spiro atoms. The Kier molecular flexibility index (Phi) is 9.06. The van der Waals surface area contributed by atoms with Crippen LogP contribution < -0.4 is 10.6 Å². The summed E-state index contributed by atoms with van der Waals surface area (Å²) in [7, 11) is 0. The molecule has 6 aromatic rings. The molecule has 254 valence electrons. The molecule has 3 aromatic heterocycles. The van der Waals surface area contributed by atoms with Gasteiger partial charge in [0.05, 0.1) is 15.9 Å². The van der Waals surface area contributed by atoms with E-state index in [1.807, 2.05) is 45.9 Å². The summed E-state index contributed by atoms with van der Waals surface area (Å²) < 4.78 is 2.69. The van der Waals surface area contributed by atoms with Crippen molar-refractivity contribution in [1.29, 1.82) is 5.26 Å². The molecular weight excluding hydrogens is 639 g/mol. The highest BCUT2D eigenvalue weighted by molar-refractivity contribution is 7.20. The van der Waals surface area contributed by atoms with Crippen LogP contribution in [-0.2, 0) is 5.41 Å². The molecule has 0 aliphatic carbocycles. The van der Waals surface area contributed by atoms with E-state index in [-0.39, 0.29) is 0 Å². The summed E-state index contributed by atoms with van der Waals surface area (Å²) in [6.07, 6.45) is 0. The van der Waals surface area contributed by atoms with E-state index in [0.29, 0.717) is 39.5 Å². The van der Waals surface area contributed by atoms with Gasteiger partial charge in [-0.1, -0.05) is 73.6 Å². The van der Waals surface area contributed by atoms with E-state index in [0.717, 1.165) is 55.0 Å². The second-order valence-electron chi connectivity index (χ2n) is 14.3. The molecule has 0 amide bonds. The molecule has 0 aliphatic heterocycles. The van der Waals surface area contributed by atoms with Crippen LogP contribution in [0.4, 0.5) is 34.5 Å². The quantitative estimate of drug-likeness (QED) is 0.162. The maximum atomic E-state index is 10.5. The molecule has 0 atom stereocenters. The minimum absolute atomic E-state index is 0.328. The van der Waals surface area contributed by atoms with Gasteiger partial charge in [-0.2, -0.15) is 15.0 Å². The summed E-state index contributed by atoms with van der Waals surface area (Å²) in [5, 5.41) is 32.8. The Labute approximate surface area is 298 Å². The van der Waals surface area contributed by atoms with Crippen molar-refractivity contribution in [2.45, 2.75) is 81.6 Å². The number of nitrogens with zero attached hydrogens (tertiary/aromatic N) is 7. The predicted octanol–water partition coefficient (Wildman–Crippen LogP) is 11.4. The van der Waals surface area contributed by atoms with Crippen LogP contribution in [0.25, 0.3) is 15.3 Å². The monoisotopic (exact) mass is 681 g/mol. The second-order valence-corrected chi connectivity index (χ2v) is 15.3. The number of aromatic nitrogens is 4. The van der Waals surface area contributed by atoms with Crippen molar-refractivity contribution in [2.75, 3.05) is 10.6 Å². The number of hydrogen-bond acceptors (Lipinski definition) is 9. The van der Waals surface area contributed by atoms with Crippen LogP contribution in [0.1, 0.15) is 76.5 Å². The third-order valence-corrected chi connectivity index (χ3v) is 9.67. The number of benzene rings is 3. The first-order valence-corrected chi connectivity index (χ1v) is 17.5. The molecule has 0 bridgehead atoms. The van der Waals surface area contributed by atoms with Crippen LogP contribution in [0, 0.1) is 66.7 Å². The number of hydrogen-bond donors (Lipinski definition) is 2. The summed E-state index contributed by atoms with van der Waals surface area (Å²) >= 11 is 1.51. The topological polar surface area (TPSA) is 116 Å². The Morgan fingerprint density at radius 1 is 0.720 bits per heavy atom. The van der Waals surface area contributed by atoms with Crippen LogP contribution in [-0.4, -0.2) is 19.7 Å². The Morgan fingerprint density at radius 2 is 1.32 bits per heavy atom. The van der Waals surface area contributed by atoms with Crippen LogP contribution in [0.2, 0.25) is 0 Å². The molecule has 6 rings (SSSR count). The lowest BCUT2D eigenvalue weighted by molar-refractivity contribution is 0.559. The van der Waals surface area contributed by atoms with E-state index in [1.165, 1.54) is 22.5 Å². The van der Waals surface area contributed by atoms with Gasteiger partial charge in [0.2, 0.25) is 5.13 Å². The number of anilines is 4. The molecule has 0 radical (unpaired) electrons. The van der Waals surface area contributed by atoms with Crippen molar-refractivity contribution < 1.29 is 0 Å². The Hall–Kier alpha value is -5.40. The van der Waals surface area contributed by atoms with Gasteiger partial charge >= 0.3 is 0 Å². The average molecular weight is 682 g/mol. The third-order valence-electron chi connectivity index (χ3n) is 8.68. The zero-order valence-electron chi connectivity index (χ0n) is 30.7. The largest absolute Gasteiger partial charge is 0.340 e. The van der Waals surface area contributed by atoms with E-state index in [2.05, 4.69) is 95.5 Å². The number of fused-ring (bicyclic) bond motifs is 1. The van der Waals surface area contributed by atoms with Gasteiger partial charge in [-0.25, -0.2) is 9.97 Å². The number of thiazole rings is 1. The molecule has 3 heterocycles. The summed E-state index contributed by atoms with van der Waals surface area (Å²) in [4.78, 5) is 9.95. The minimum Gasteiger partial charge on any atom is -0.340 e. The average Bonchev–Trinajstić information content (AvgIpc) is 3.61. The first-order valence-electron chi connectivity index (χ1n) is 16.7. The summed E-state index contributed by atoms with van der Waals surface area (Å²) in [6.45, 7) is 22.7. The highest BCUT2D eigenvalue weighted by Crippen LogP contribution is 2.40. The molecule has 50 heavy (non-hydrogen) atoms. The molecule has 2 N–H and O–H groups in total. The van der Waals surface area contributed by atoms with Gasteiger partial charge in [0.25, 0.3) is 0 Å². The molecule has 0 aliphatic rings. The molecule has 0 fully saturated rings. The van der Waals surface area contributed by atoms with Gasteiger partial charge in [0, 0.05) is 16.8 Å². The smallest absolute Gasteiger partial charge is 0.213 e. The van der Waals surface area contributed by atoms with E-state index < -0.39 is 5.41 Å². The standard InChI is InChI=1S/C40H43N9S/c1-21-12-13-30-31(18-21)50-39(42-30)49-38(29(20-41)36(48-49)40(9,10)11)47-46-35-28(8)19-32(43-33-24(4)14-22(2)15-25(33)5)44-37(35)45-34-26(6)16-23(3)17-27(34)7/h12-19H,1-11H3,(H2,43,44,45). The Balaban J connectivity index is 1.52. The molecule has 0 unspecified atom stereocenters. The molecule has 9 nitrogen and oxygen atoms in total. The summed E-state index contributed by atoms with van der Waals surface area (Å²) in [6, 6.07) is 19.1. The predicted molar refractivity (Wildman–Crippen MR) is 206 cm³/mol. The first kappa shape index (κ1) is 34.5. The van der Waals surface area contributed by atoms with Crippen molar-refractivity contribution in [3.05, 3.63) is 104 Å². The molecule has 0 saturated heterocycles. The van der Waals surface area contributed by atoms with Gasteiger partial charge in [-0.15, -0.1) is 10.2 Å². The number of aryl methyl sites for hydroxylation is 8. The zero-order valence-corrected chi connectivity index (χ0v) is 31.5. The SMILES string of the molecule is Cc1cc(C)c(Nc2cc(C)c(N=Nc3c(C#N)c(C(C)(C)C)nn3-c3nc4ccc(C)cc4s3)c(Nc3c(C)cc(C)cc3C)n2)c(C)c1. The fourth-order valence-electron chi connectivity index (χ4n) is 6.41. The van der Waals surface area contributed by atoms with Crippen molar-refractivity contribution in [3.63, 3.8) is 0 Å². The number of azo groups is 1. The van der Waals surface area contributed by atoms with Gasteiger partial charge in [0.15, 0.2) is 11.6 Å². The molecule has 3 aromatic carbocycles. The Morgan fingerprint density at radius 3 is 1.90 bits per heavy atom. The lowest BCUT2D eigenvalue weighted by atomic mass is 9.90. The Bertz CT molecular complexity index is 2320. The highest BCUT2D eigenvalue weighted by atomic mass is 32.1. The number of rotatable bonds is 7. The van der Waals surface area contributed by atoms with Crippen LogP contribution >= 0.6 is 11.3 Å². The zero-order chi connectivity index (χ0) is 36.1. The molecule has 10 heteroatoms. The van der Waals surface area contributed by atoms with Crippen molar-refractivity contribution in [3.8, 4) is 11.2 Å². The maximum Gasteiger partial charge on any atom is 0.213 e. The van der Waals surface area contributed by atoms with E-state index in [9.17, 15) is 5.26 Å². The van der Waals surface area contributed by atoms with E-state index in [4.69, 9.17) is 25.3 Å². The normalized spacial score (nSPS) is 11.8. The lowest BCUT2D eigenvalue weighted by Crippen LogP contribution is -2.14. The summed E-state index contributed by atoms with van der Waals surface area (Å²) in [5.74, 6) is 1.56. The highest BCUT2D eigenvalue weighted by Gasteiger charge is 2.29. The van der Waals surface area contributed by atoms with Gasteiger partial charge in [-0.3, -0.25) is 0 Å². The fourth-order valence-corrected chi connectivity index (χ4v) is 7.43. The van der Waals surface area contributed by atoms with Crippen LogP contribution in [0.5, 0.6) is 0 Å². The third kappa shape index (κ3) is 6.74. The van der Waals surface area contributed by atoms with Gasteiger partial charge in [0.1, 0.15) is 23.1 Å². The van der Waals surface area contributed by atoms with Crippen molar-refractivity contribution >= 4 is 56.1 Å². The van der Waals surface area contributed by atoms with Crippen molar-refractivity contribution in [1.82, 2.24) is 19.7 Å². The van der Waals surface area contributed by atoms with Crippen LogP contribution in [0.15, 0.2) is 58.8 Å². The number of nitrogens with one attached hydrogen (secondary N) is 2. The summed E-state index contributed by atoms with van der Waals surface area (Å²) in [5.41, 5.74) is 12.9. The van der Waals surface area contributed by atoms with Crippen molar-refractivity contribution in [2.24, 2.45) is 10.2 Å². The minimum atomic E-state index is -0.419. The number of nitriles is 1. The molecule has 0 saturated carbocycles. The van der Waals surface area contributed by atoms with E-state index >= 15 is 0 Å². The molecular formula is C40H43N9S. The van der Waals surface area contributed by atoms with E-state index in [1.54, 1.807) is 4.68 Å². The van der Waals surface area contributed by atoms with Gasteiger partial charge in [-0.05, 0) is 107 Å². The first-order chi connectivity index (χ1) is 23.6.